The number of aliphatic hydroxyl groups is 2. The third kappa shape index (κ3) is 0.951. The van der Waals surface area contributed by atoms with E-state index in [0.717, 1.165) is 11.1 Å². The lowest BCUT2D eigenvalue weighted by molar-refractivity contribution is 0.0326. The molecule has 0 spiro atoms. The minimum Gasteiger partial charge on any atom is -0.390 e. The smallest absolute Gasteiger partial charge is 0.105 e. The summed E-state index contributed by atoms with van der Waals surface area (Å²) in [5.41, 5.74) is 1.94. The summed E-state index contributed by atoms with van der Waals surface area (Å²) >= 11 is 0. The Bertz CT molecular complexity index is 270. The molecule has 0 saturated carbocycles. The molecule has 2 heteroatoms. The Morgan fingerprint density at radius 2 is 1.91 bits per heavy atom. The van der Waals surface area contributed by atoms with Crippen LogP contribution >= 0.6 is 0 Å². The molecule has 0 bridgehead atoms. The summed E-state index contributed by atoms with van der Waals surface area (Å²) in [4.78, 5) is 0. The van der Waals surface area contributed by atoms with Gasteiger partial charge in [0.1, 0.15) is 6.10 Å². The lowest BCUT2D eigenvalue weighted by Gasteiger charge is -2.06. The Hall–Kier alpha value is -0.860. The zero-order valence-corrected chi connectivity index (χ0v) is 6.07. The lowest BCUT2D eigenvalue weighted by Crippen LogP contribution is -2.11. The van der Waals surface area contributed by atoms with Crippen molar-refractivity contribution >= 4 is 0 Å². The summed E-state index contributed by atoms with van der Waals surface area (Å²) in [7, 11) is 0. The topological polar surface area (TPSA) is 40.5 Å². The summed E-state index contributed by atoms with van der Waals surface area (Å²) in [5, 5.41) is 18.7. The van der Waals surface area contributed by atoms with E-state index in [-0.39, 0.29) is 0 Å². The van der Waals surface area contributed by atoms with Gasteiger partial charge >= 0.3 is 0 Å². The largest absolute Gasteiger partial charge is 0.390 e. The Morgan fingerprint density at radius 3 is 2.64 bits per heavy atom. The van der Waals surface area contributed by atoms with Crippen LogP contribution in [0, 0.1) is 0 Å². The Morgan fingerprint density at radius 1 is 1.18 bits per heavy atom. The average molecular weight is 150 g/mol. The van der Waals surface area contributed by atoms with Crippen LogP contribution in [-0.2, 0) is 6.42 Å². The first-order valence-electron chi connectivity index (χ1n) is 3.73. The molecule has 58 valence electrons. The number of fused-ring (bicyclic) bond motifs is 1. The summed E-state index contributed by atoms with van der Waals surface area (Å²) in [5.74, 6) is 0. The Labute approximate surface area is 65.1 Å². The van der Waals surface area contributed by atoms with Crippen molar-refractivity contribution in [3.05, 3.63) is 35.4 Å². The van der Waals surface area contributed by atoms with E-state index in [2.05, 4.69) is 0 Å². The van der Waals surface area contributed by atoms with Crippen LogP contribution in [0.2, 0.25) is 0 Å². The molecule has 1 aromatic carbocycles. The second-order valence-electron chi connectivity index (χ2n) is 2.92. The molecule has 2 nitrogen and oxygen atoms in total. The SMILES string of the molecule is O[C@@H]1c2ccccc2C[C@@H]1O. The van der Waals surface area contributed by atoms with E-state index in [1.54, 1.807) is 0 Å². The second kappa shape index (κ2) is 2.32. The summed E-state index contributed by atoms with van der Waals surface area (Å²) in [6.45, 7) is 0. The zero-order valence-electron chi connectivity index (χ0n) is 6.07. The molecule has 2 rings (SSSR count). The number of rotatable bonds is 0. The Kier molecular flexibility index (Phi) is 1.44. The number of aliphatic hydroxyl groups excluding tert-OH is 2. The molecule has 0 amide bonds. The third-order valence-electron chi connectivity index (χ3n) is 2.17. The molecule has 0 aliphatic heterocycles. The molecule has 1 aliphatic rings. The highest BCUT2D eigenvalue weighted by molar-refractivity contribution is 5.34. The van der Waals surface area contributed by atoms with Gasteiger partial charge < -0.3 is 10.2 Å². The molecular formula is C9H10O2. The summed E-state index contributed by atoms with van der Waals surface area (Å²) < 4.78 is 0. The van der Waals surface area contributed by atoms with Crippen molar-refractivity contribution < 1.29 is 10.2 Å². The van der Waals surface area contributed by atoms with E-state index in [9.17, 15) is 10.2 Å². The predicted molar refractivity (Wildman–Crippen MR) is 41.1 cm³/mol. The monoisotopic (exact) mass is 150 g/mol. The normalized spacial score (nSPS) is 28.5. The van der Waals surface area contributed by atoms with E-state index in [0.29, 0.717) is 6.42 Å². The van der Waals surface area contributed by atoms with Crippen LogP contribution in [0.4, 0.5) is 0 Å². The molecule has 0 fully saturated rings. The lowest BCUT2D eigenvalue weighted by atomic mass is 10.1. The van der Waals surface area contributed by atoms with Gasteiger partial charge in [-0.15, -0.1) is 0 Å². The van der Waals surface area contributed by atoms with Crippen LogP contribution in [0.5, 0.6) is 0 Å². The van der Waals surface area contributed by atoms with Crippen molar-refractivity contribution in [3.8, 4) is 0 Å². The maximum absolute atomic E-state index is 9.40. The molecule has 11 heavy (non-hydrogen) atoms. The summed E-state index contributed by atoms with van der Waals surface area (Å²) in [6, 6.07) is 7.59. The minimum atomic E-state index is -0.675. The molecule has 0 unspecified atom stereocenters. The zero-order chi connectivity index (χ0) is 7.84. The maximum Gasteiger partial charge on any atom is 0.105 e. The van der Waals surface area contributed by atoms with E-state index in [4.69, 9.17) is 0 Å². The molecule has 0 radical (unpaired) electrons. The predicted octanol–water partition coefficient (Wildman–Crippen LogP) is 0.637. The van der Waals surface area contributed by atoms with Gasteiger partial charge in [-0.1, -0.05) is 24.3 Å². The van der Waals surface area contributed by atoms with Crippen LogP contribution < -0.4 is 0 Å². The van der Waals surface area contributed by atoms with Gasteiger partial charge in [-0.3, -0.25) is 0 Å². The fourth-order valence-corrected chi connectivity index (χ4v) is 1.55. The average Bonchev–Trinajstić information content (AvgIpc) is 2.30. The van der Waals surface area contributed by atoms with E-state index >= 15 is 0 Å². The van der Waals surface area contributed by atoms with Crippen LogP contribution in [0.1, 0.15) is 17.2 Å². The fourth-order valence-electron chi connectivity index (χ4n) is 1.55. The third-order valence-corrected chi connectivity index (χ3v) is 2.17. The first-order valence-corrected chi connectivity index (χ1v) is 3.73. The highest BCUT2D eigenvalue weighted by atomic mass is 16.3. The van der Waals surface area contributed by atoms with Gasteiger partial charge in [-0.2, -0.15) is 0 Å². The van der Waals surface area contributed by atoms with E-state index in [1.165, 1.54) is 0 Å². The van der Waals surface area contributed by atoms with Gasteiger partial charge in [-0.25, -0.2) is 0 Å². The van der Waals surface area contributed by atoms with Gasteiger partial charge in [-0.05, 0) is 11.1 Å². The number of hydrogen-bond donors (Lipinski definition) is 2. The van der Waals surface area contributed by atoms with Crippen molar-refractivity contribution in [2.75, 3.05) is 0 Å². The molecule has 0 aromatic heterocycles. The molecule has 0 heterocycles. The van der Waals surface area contributed by atoms with Gasteiger partial charge in [0, 0.05) is 6.42 Å². The van der Waals surface area contributed by atoms with Crippen LogP contribution in [-0.4, -0.2) is 16.3 Å². The van der Waals surface area contributed by atoms with E-state index in [1.807, 2.05) is 24.3 Å². The quantitative estimate of drug-likeness (QED) is 0.569. The van der Waals surface area contributed by atoms with Crippen molar-refractivity contribution in [1.82, 2.24) is 0 Å². The molecule has 0 saturated heterocycles. The van der Waals surface area contributed by atoms with Crippen molar-refractivity contribution in [2.24, 2.45) is 0 Å². The van der Waals surface area contributed by atoms with Gasteiger partial charge in [0.05, 0.1) is 6.10 Å². The molecule has 2 N–H and O–H groups in total. The van der Waals surface area contributed by atoms with Gasteiger partial charge in [0.15, 0.2) is 0 Å². The molecule has 2 atom stereocenters. The van der Waals surface area contributed by atoms with Crippen LogP contribution in [0.3, 0.4) is 0 Å². The first kappa shape index (κ1) is 6.83. The highest BCUT2D eigenvalue weighted by Crippen LogP contribution is 2.30. The second-order valence-corrected chi connectivity index (χ2v) is 2.92. The fraction of sp³-hybridized carbons (Fsp3) is 0.333. The standard InChI is InChI=1S/C9H10O2/c10-8-5-6-3-1-2-4-7(6)9(8)11/h1-4,8-11H,5H2/t8-,9+/m0/s1. The van der Waals surface area contributed by atoms with Crippen molar-refractivity contribution in [2.45, 2.75) is 18.6 Å². The van der Waals surface area contributed by atoms with Gasteiger partial charge in [0.25, 0.3) is 0 Å². The molecule has 1 aliphatic carbocycles. The van der Waals surface area contributed by atoms with Crippen molar-refractivity contribution in [1.29, 1.82) is 0 Å². The maximum atomic E-state index is 9.40. The van der Waals surface area contributed by atoms with Crippen LogP contribution in [0.25, 0.3) is 0 Å². The van der Waals surface area contributed by atoms with Gasteiger partial charge in [0.2, 0.25) is 0 Å². The highest BCUT2D eigenvalue weighted by Gasteiger charge is 2.28. The van der Waals surface area contributed by atoms with Crippen molar-refractivity contribution in [3.63, 3.8) is 0 Å². The van der Waals surface area contributed by atoms with E-state index < -0.39 is 12.2 Å². The Balaban J connectivity index is 2.47. The van der Waals surface area contributed by atoms with Crippen LogP contribution in [0.15, 0.2) is 24.3 Å². The number of benzene rings is 1. The first-order chi connectivity index (χ1) is 5.29. The number of hydrogen-bond acceptors (Lipinski definition) is 2. The summed E-state index contributed by atoms with van der Waals surface area (Å²) in [6.07, 6.45) is -0.698. The molecular weight excluding hydrogens is 140 g/mol. The molecule has 1 aromatic rings. The minimum absolute atomic E-state index is 0.581.